The van der Waals surface area contributed by atoms with Crippen LogP contribution in [0.4, 0.5) is 0 Å². The number of aromatic nitrogens is 3. The van der Waals surface area contributed by atoms with Gasteiger partial charge in [0.2, 0.25) is 0 Å². The summed E-state index contributed by atoms with van der Waals surface area (Å²) in [5.41, 5.74) is 0.638. The van der Waals surface area contributed by atoms with E-state index in [9.17, 15) is 0 Å². The highest BCUT2D eigenvalue weighted by molar-refractivity contribution is 7.71. The summed E-state index contributed by atoms with van der Waals surface area (Å²) in [5, 5.41) is 7.37. The highest BCUT2D eigenvalue weighted by Gasteiger charge is 2.67. The molecule has 4 heteroatoms. The Labute approximate surface area is 102 Å². The van der Waals surface area contributed by atoms with Crippen molar-refractivity contribution >= 4 is 12.2 Å². The number of nitrogens with zero attached hydrogens (tertiary/aromatic N) is 2. The molecule has 0 aromatic carbocycles. The molecule has 1 saturated carbocycles. The fourth-order valence-corrected chi connectivity index (χ4v) is 3.06. The largest absolute Gasteiger partial charge is 0.304 e. The normalized spacial score (nSPS) is 22.3. The van der Waals surface area contributed by atoms with E-state index < -0.39 is 0 Å². The second-order valence-corrected chi connectivity index (χ2v) is 6.30. The van der Waals surface area contributed by atoms with Gasteiger partial charge in [0.25, 0.3) is 0 Å². The first kappa shape index (κ1) is 11.8. The Morgan fingerprint density at radius 1 is 1.31 bits per heavy atom. The van der Waals surface area contributed by atoms with E-state index in [1.165, 1.54) is 0 Å². The van der Waals surface area contributed by atoms with Gasteiger partial charge in [-0.3, -0.25) is 5.10 Å². The Bertz CT molecular complexity index is 439. The van der Waals surface area contributed by atoms with Crippen LogP contribution in [0.1, 0.15) is 52.8 Å². The summed E-state index contributed by atoms with van der Waals surface area (Å²) in [7, 11) is 0. The van der Waals surface area contributed by atoms with Gasteiger partial charge in [0.05, 0.1) is 0 Å². The molecule has 0 bridgehead atoms. The fourth-order valence-electron chi connectivity index (χ4n) is 2.83. The average Bonchev–Trinajstić information content (AvgIpc) is 2.45. The van der Waals surface area contributed by atoms with Crippen LogP contribution in [-0.2, 0) is 6.54 Å². The van der Waals surface area contributed by atoms with Crippen molar-refractivity contribution in [2.45, 2.75) is 53.5 Å². The standard InChI is InChI=1S/C12H21N3S/c1-6-7-15-9(13-14-10(15)16)8-11(2,3)12(8,4)5/h8H,6-7H2,1-5H3,(H,14,16). The van der Waals surface area contributed by atoms with Gasteiger partial charge >= 0.3 is 0 Å². The van der Waals surface area contributed by atoms with Gasteiger partial charge in [-0.2, -0.15) is 5.10 Å². The molecule has 1 N–H and O–H groups in total. The summed E-state index contributed by atoms with van der Waals surface area (Å²) in [6.07, 6.45) is 1.09. The molecule has 0 amide bonds. The van der Waals surface area contributed by atoms with E-state index in [1.807, 2.05) is 0 Å². The van der Waals surface area contributed by atoms with E-state index in [2.05, 4.69) is 49.4 Å². The number of hydrogen-bond acceptors (Lipinski definition) is 2. The predicted octanol–water partition coefficient (Wildman–Crippen LogP) is 3.50. The van der Waals surface area contributed by atoms with Crippen LogP contribution in [0, 0.1) is 15.6 Å². The molecular formula is C12H21N3S. The molecule has 1 fully saturated rings. The van der Waals surface area contributed by atoms with Crippen molar-refractivity contribution in [2.75, 3.05) is 0 Å². The van der Waals surface area contributed by atoms with Gasteiger partial charge in [0.15, 0.2) is 4.77 Å². The molecule has 16 heavy (non-hydrogen) atoms. The maximum absolute atomic E-state index is 5.28. The average molecular weight is 239 g/mol. The minimum Gasteiger partial charge on any atom is -0.304 e. The highest BCUT2D eigenvalue weighted by Crippen LogP contribution is 2.73. The van der Waals surface area contributed by atoms with Gasteiger partial charge in [-0.05, 0) is 29.5 Å². The Kier molecular flexibility index (Phi) is 2.53. The first-order chi connectivity index (χ1) is 7.34. The molecule has 0 radical (unpaired) electrons. The lowest BCUT2D eigenvalue weighted by Gasteiger charge is -2.05. The van der Waals surface area contributed by atoms with E-state index in [0.29, 0.717) is 16.7 Å². The molecule has 0 atom stereocenters. The zero-order valence-electron chi connectivity index (χ0n) is 10.8. The molecule has 2 rings (SSSR count). The predicted molar refractivity (Wildman–Crippen MR) is 68.0 cm³/mol. The summed E-state index contributed by atoms with van der Waals surface area (Å²) in [4.78, 5) is 0. The molecule has 1 aromatic rings. The molecule has 0 aliphatic heterocycles. The third kappa shape index (κ3) is 1.39. The van der Waals surface area contributed by atoms with Crippen molar-refractivity contribution < 1.29 is 0 Å². The number of H-pyrrole nitrogens is 1. The zero-order valence-corrected chi connectivity index (χ0v) is 11.6. The van der Waals surface area contributed by atoms with Gasteiger partial charge in [-0.15, -0.1) is 0 Å². The van der Waals surface area contributed by atoms with Gasteiger partial charge in [0.1, 0.15) is 5.82 Å². The van der Waals surface area contributed by atoms with Crippen LogP contribution in [0.5, 0.6) is 0 Å². The lowest BCUT2D eigenvalue weighted by Crippen LogP contribution is -2.05. The summed E-state index contributed by atoms with van der Waals surface area (Å²) in [6, 6.07) is 0. The quantitative estimate of drug-likeness (QED) is 0.819. The smallest absolute Gasteiger partial charge is 0.195 e. The third-order valence-corrected chi connectivity index (χ3v) is 4.83. The Morgan fingerprint density at radius 3 is 2.31 bits per heavy atom. The van der Waals surface area contributed by atoms with E-state index in [-0.39, 0.29) is 0 Å². The Hall–Kier alpha value is -0.640. The second-order valence-electron chi connectivity index (χ2n) is 5.91. The number of rotatable bonds is 3. The molecule has 3 nitrogen and oxygen atoms in total. The van der Waals surface area contributed by atoms with E-state index in [0.717, 1.165) is 23.6 Å². The molecule has 1 heterocycles. The molecule has 0 spiro atoms. The Morgan fingerprint density at radius 2 is 1.88 bits per heavy atom. The van der Waals surface area contributed by atoms with Crippen molar-refractivity contribution in [1.29, 1.82) is 0 Å². The fraction of sp³-hybridized carbons (Fsp3) is 0.833. The first-order valence-electron chi connectivity index (χ1n) is 5.99. The van der Waals surface area contributed by atoms with Gasteiger partial charge < -0.3 is 4.57 Å². The van der Waals surface area contributed by atoms with Crippen LogP contribution in [0.2, 0.25) is 0 Å². The molecule has 1 aliphatic carbocycles. The van der Waals surface area contributed by atoms with Gasteiger partial charge in [-0.1, -0.05) is 34.6 Å². The van der Waals surface area contributed by atoms with Crippen molar-refractivity contribution in [3.05, 3.63) is 10.6 Å². The van der Waals surface area contributed by atoms with Crippen LogP contribution in [0.25, 0.3) is 0 Å². The van der Waals surface area contributed by atoms with Crippen molar-refractivity contribution in [1.82, 2.24) is 14.8 Å². The summed E-state index contributed by atoms with van der Waals surface area (Å²) >= 11 is 5.28. The lowest BCUT2D eigenvalue weighted by molar-refractivity contribution is 0.457. The third-order valence-electron chi connectivity index (χ3n) is 4.51. The highest BCUT2D eigenvalue weighted by atomic mass is 32.1. The van der Waals surface area contributed by atoms with Crippen LogP contribution in [-0.4, -0.2) is 14.8 Å². The molecule has 1 aromatic heterocycles. The van der Waals surface area contributed by atoms with Crippen molar-refractivity contribution in [2.24, 2.45) is 10.8 Å². The maximum atomic E-state index is 5.28. The van der Waals surface area contributed by atoms with Crippen molar-refractivity contribution in [3.63, 3.8) is 0 Å². The molecule has 0 unspecified atom stereocenters. The molecular weight excluding hydrogens is 218 g/mol. The maximum Gasteiger partial charge on any atom is 0.195 e. The van der Waals surface area contributed by atoms with Crippen molar-refractivity contribution in [3.8, 4) is 0 Å². The summed E-state index contributed by atoms with van der Waals surface area (Å²) in [5.74, 6) is 1.65. The van der Waals surface area contributed by atoms with Crippen LogP contribution >= 0.6 is 12.2 Å². The topological polar surface area (TPSA) is 33.6 Å². The molecule has 1 aliphatic rings. The Balaban J connectivity index is 2.41. The lowest BCUT2D eigenvalue weighted by atomic mass is 10.0. The minimum absolute atomic E-state index is 0.319. The van der Waals surface area contributed by atoms with Crippen LogP contribution in [0.15, 0.2) is 0 Å². The second kappa shape index (κ2) is 3.42. The summed E-state index contributed by atoms with van der Waals surface area (Å²) in [6.45, 7) is 12.4. The van der Waals surface area contributed by atoms with Crippen LogP contribution in [0.3, 0.4) is 0 Å². The monoisotopic (exact) mass is 239 g/mol. The number of hydrogen-bond donors (Lipinski definition) is 1. The molecule has 0 saturated heterocycles. The SMILES string of the molecule is CCCn1c(C2C(C)(C)C2(C)C)n[nH]c1=S. The van der Waals surface area contributed by atoms with E-state index >= 15 is 0 Å². The first-order valence-corrected chi connectivity index (χ1v) is 6.40. The number of nitrogens with one attached hydrogen (secondary N) is 1. The van der Waals surface area contributed by atoms with Crippen LogP contribution < -0.4 is 0 Å². The number of aromatic amines is 1. The van der Waals surface area contributed by atoms with Gasteiger partial charge in [0, 0.05) is 12.5 Å². The van der Waals surface area contributed by atoms with E-state index in [4.69, 9.17) is 12.2 Å². The summed E-state index contributed by atoms with van der Waals surface area (Å²) < 4.78 is 2.92. The van der Waals surface area contributed by atoms with Gasteiger partial charge in [-0.25, -0.2) is 0 Å². The molecule has 90 valence electrons. The minimum atomic E-state index is 0.319. The van der Waals surface area contributed by atoms with E-state index in [1.54, 1.807) is 0 Å². The zero-order chi connectivity index (χ0) is 12.1.